The molecule has 3 aliphatic rings. The van der Waals surface area contributed by atoms with Gasteiger partial charge in [0.15, 0.2) is 5.78 Å². The minimum absolute atomic E-state index is 0.134. The van der Waals surface area contributed by atoms with Crippen LogP contribution in [0, 0.1) is 0 Å². The lowest BCUT2D eigenvalue weighted by atomic mass is 9.98. The predicted octanol–water partition coefficient (Wildman–Crippen LogP) is 3.77. The van der Waals surface area contributed by atoms with Crippen LogP contribution < -0.4 is 10.6 Å². The van der Waals surface area contributed by atoms with E-state index in [2.05, 4.69) is 16.7 Å². The van der Waals surface area contributed by atoms with Gasteiger partial charge in [0.05, 0.1) is 5.56 Å². The fourth-order valence-electron chi connectivity index (χ4n) is 5.01. The molecule has 1 fully saturated rings. The number of ketones is 1. The van der Waals surface area contributed by atoms with Crippen LogP contribution in [-0.4, -0.2) is 23.1 Å². The smallest absolute Gasteiger partial charge is 0.252 e. The molecule has 30 heavy (non-hydrogen) atoms. The van der Waals surface area contributed by atoms with Gasteiger partial charge in [-0.15, -0.1) is 0 Å². The number of fused-ring (bicyclic) bond motifs is 2. The zero-order chi connectivity index (χ0) is 20.9. The number of aryl methyl sites for hydroxylation is 2. The number of nitrogens with one attached hydrogen (secondary N) is 2. The third-order valence-corrected chi connectivity index (χ3v) is 6.80. The highest BCUT2D eigenvalue weighted by Gasteiger charge is 2.51. The van der Waals surface area contributed by atoms with E-state index in [4.69, 9.17) is 0 Å². The molecule has 0 radical (unpaired) electrons. The molecule has 2 aromatic rings. The SMILES string of the molecule is CC(=O)c1ccccc1C(=O)NC1(C(=O)Nc2c3c(cc4c2CCC4)CCC3)CC1. The predicted molar refractivity (Wildman–Crippen MR) is 115 cm³/mol. The maximum atomic E-state index is 13.3. The maximum absolute atomic E-state index is 13.3. The number of hydrogen-bond donors (Lipinski definition) is 2. The summed E-state index contributed by atoms with van der Waals surface area (Å²) in [5, 5.41) is 6.15. The number of amides is 2. The first-order valence-electron chi connectivity index (χ1n) is 10.9. The Labute approximate surface area is 176 Å². The van der Waals surface area contributed by atoms with Gasteiger partial charge in [-0.05, 0) is 86.6 Å². The van der Waals surface area contributed by atoms with Crippen molar-refractivity contribution in [1.29, 1.82) is 0 Å². The first-order valence-corrected chi connectivity index (χ1v) is 10.9. The van der Waals surface area contributed by atoms with Crippen LogP contribution >= 0.6 is 0 Å². The van der Waals surface area contributed by atoms with Crippen LogP contribution in [0.1, 0.15) is 75.6 Å². The quantitative estimate of drug-likeness (QED) is 0.748. The monoisotopic (exact) mass is 402 g/mol. The molecular weight excluding hydrogens is 376 g/mol. The number of anilines is 1. The van der Waals surface area contributed by atoms with E-state index >= 15 is 0 Å². The lowest BCUT2D eigenvalue weighted by molar-refractivity contribution is -0.118. The van der Waals surface area contributed by atoms with E-state index < -0.39 is 5.54 Å². The van der Waals surface area contributed by atoms with Crippen LogP contribution in [-0.2, 0) is 30.5 Å². The summed E-state index contributed by atoms with van der Waals surface area (Å²) in [4.78, 5) is 38.1. The first kappa shape index (κ1) is 19.0. The van der Waals surface area contributed by atoms with Gasteiger partial charge >= 0.3 is 0 Å². The van der Waals surface area contributed by atoms with E-state index in [0.29, 0.717) is 24.0 Å². The second-order valence-corrected chi connectivity index (χ2v) is 8.83. The van der Waals surface area contributed by atoms with Gasteiger partial charge in [-0.1, -0.05) is 24.3 Å². The molecular formula is C25H26N2O3. The van der Waals surface area contributed by atoms with Crippen molar-refractivity contribution < 1.29 is 14.4 Å². The Morgan fingerprint density at radius 2 is 1.47 bits per heavy atom. The van der Waals surface area contributed by atoms with Crippen molar-refractivity contribution in [3.63, 3.8) is 0 Å². The molecule has 3 aliphatic carbocycles. The zero-order valence-corrected chi connectivity index (χ0v) is 17.3. The molecule has 2 N–H and O–H groups in total. The Morgan fingerprint density at radius 3 is 2.03 bits per heavy atom. The topological polar surface area (TPSA) is 75.3 Å². The Kier molecular flexibility index (Phi) is 4.49. The van der Waals surface area contributed by atoms with Crippen LogP contribution in [0.15, 0.2) is 30.3 Å². The Morgan fingerprint density at radius 1 is 0.867 bits per heavy atom. The summed E-state index contributed by atoms with van der Waals surface area (Å²) in [5.41, 5.74) is 6.14. The molecule has 0 spiro atoms. The van der Waals surface area contributed by atoms with Gasteiger partial charge in [-0.25, -0.2) is 0 Å². The van der Waals surface area contributed by atoms with E-state index in [9.17, 15) is 14.4 Å². The molecule has 5 nitrogen and oxygen atoms in total. The van der Waals surface area contributed by atoms with Gasteiger partial charge in [0.2, 0.25) is 5.91 Å². The van der Waals surface area contributed by atoms with Crippen molar-refractivity contribution in [2.75, 3.05) is 5.32 Å². The van der Waals surface area contributed by atoms with Crippen molar-refractivity contribution in [3.05, 3.63) is 63.7 Å². The summed E-state index contributed by atoms with van der Waals surface area (Å²) in [5.74, 6) is -0.659. The van der Waals surface area contributed by atoms with Gasteiger partial charge in [-0.2, -0.15) is 0 Å². The molecule has 0 bridgehead atoms. The largest absolute Gasteiger partial charge is 0.338 e. The number of rotatable bonds is 5. The first-order chi connectivity index (χ1) is 14.5. The normalized spacial score (nSPS) is 17.8. The molecule has 0 heterocycles. The summed E-state index contributed by atoms with van der Waals surface area (Å²) in [6.45, 7) is 1.45. The average molecular weight is 402 g/mol. The standard InChI is InChI=1S/C25H26N2O3/c1-15(28)18-8-2-3-9-21(18)23(29)27-25(12-13-25)24(30)26-22-19-10-4-6-16(19)14-17-7-5-11-20(17)22/h2-3,8-9,14H,4-7,10-13H2,1H3,(H,26,30)(H,27,29). The molecule has 2 amide bonds. The number of hydrogen-bond acceptors (Lipinski definition) is 3. The molecule has 2 aromatic carbocycles. The van der Waals surface area contributed by atoms with E-state index in [-0.39, 0.29) is 17.6 Å². The Balaban J connectivity index is 1.39. The van der Waals surface area contributed by atoms with Crippen LogP contribution in [0.2, 0.25) is 0 Å². The minimum Gasteiger partial charge on any atom is -0.338 e. The van der Waals surface area contributed by atoms with E-state index in [0.717, 1.165) is 44.2 Å². The van der Waals surface area contributed by atoms with Gasteiger partial charge in [-0.3, -0.25) is 14.4 Å². The van der Waals surface area contributed by atoms with Crippen LogP contribution in [0.5, 0.6) is 0 Å². The Hall–Kier alpha value is -2.95. The number of benzene rings is 2. The highest BCUT2D eigenvalue weighted by atomic mass is 16.2. The molecule has 0 saturated heterocycles. The van der Waals surface area contributed by atoms with Gasteiger partial charge < -0.3 is 10.6 Å². The second-order valence-electron chi connectivity index (χ2n) is 8.83. The molecule has 0 atom stereocenters. The molecule has 0 aromatic heterocycles. The van der Waals surface area contributed by atoms with Crippen LogP contribution in [0.25, 0.3) is 0 Å². The van der Waals surface area contributed by atoms with Gasteiger partial charge in [0, 0.05) is 11.3 Å². The number of Topliss-reactive ketones (excluding diaryl/α,β-unsaturated/α-hetero) is 1. The van der Waals surface area contributed by atoms with Crippen molar-refractivity contribution in [2.24, 2.45) is 0 Å². The van der Waals surface area contributed by atoms with Crippen molar-refractivity contribution >= 4 is 23.3 Å². The van der Waals surface area contributed by atoms with Crippen molar-refractivity contribution in [1.82, 2.24) is 5.32 Å². The van der Waals surface area contributed by atoms with E-state index in [1.54, 1.807) is 24.3 Å². The highest BCUT2D eigenvalue weighted by Crippen LogP contribution is 2.41. The third-order valence-electron chi connectivity index (χ3n) is 6.80. The number of carbonyl (C=O) groups is 3. The highest BCUT2D eigenvalue weighted by molar-refractivity contribution is 6.10. The van der Waals surface area contributed by atoms with Gasteiger partial charge in [0.1, 0.15) is 5.54 Å². The molecule has 5 rings (SSSR count). The Bertz CT molecular complexity index is 1050. The molecule has 0 aliphatic heterocycles. The average Bonchev–Trinajstić information content (AvgIpc) is 3.13. The van der Waals surface area contributed by atoms with Gasteiger partial charge in [0.25, 0.3) is 5.91 Å². The third kappa shape index (κ3) is 3.13. The number of carbonyl (C=O) groups excluding carboxylic acids is 3. The summed E-state index contributed by atoms with van der Waals surface area (Å²) in [6.07, 6.45) is 7.65. The van der Waals surface area contributed by atoms with Crippen LogP contribution in [0.4, 0.5) is 5.69 Å². The van der Waals surface area contributed by atoms with Crippen molar-refractivity contribution in [2.45, 2.75) is 63.8 Å². The zero-order valence-electron chi connectivity index (χ0n) is 17.3. The van der Waals surface area contributed by atoms with E-state index in [1.807, 2.05) is 0 Å². The van der Waals surface area contributed by atoms with E-state index in [1.165, 1.54) is 29.2 Å². The summed E-state index contributed by atoms with van der Waals surface area (Å²) < 4.78 is 0. The molecule has 0 unspecified atom stereocenters. The summed E-state index contributed by atoms with van der Waals surface area (Å²) >= 11 is 0. The lowest BCUT2D eigenvalue weighted by Gasteiger charge is -2.21. The fraction of sp³-hybridized carbons (Fsp3) is 0.400. The summed E-state index contributed by atoms with van der Waals surface area (Å²) in [6, 6.07) is 9.10. The maximum Gasteiger partial charge on any atom is 0.252 e. The summed E-state index contributed by atoms with van der Waals surface area (Å²) in [7, 11) is 0. The minimum atomic E-state index is -0.881. The van der Waals surface area contributed by atoms with Crippen molar-refractivity contribution in [3.8, 4) is 0 Å². The fourth-order valence-corrected chi connectivity index (χ4v) is 5.01. The molecule has 1 saturated carbocycles. The molecule has 5 heteroatoms. The lowest BCUT2D eigenvalue weighted by Crippen LogP contribution is -2.46. The second kappa shape index (κ2) is 7.08. The molecule has 154 valence electrons. The van der Waals surface area contributed by atoms with Crippen LogP contribution in [0.3, 0.4) is 0 Å².